The van der Waals surface area contributed by atoms with Crippen molar-refractivity contribution in [2.45, 2.75) is 11.8 Å². The van der Waals surface area contributed by atoms with Gasteiger partial charge in [-0.1, -0.05) is 42.5 Å². The molecule has 0 N–H and O–H groups in total. The van der Waals surface area contributed by atoms with E-state index < -0.39 is 10.0 Å². The molecule has 1 saturated heterocycles. The van der Waals surface area contributed by atoms with Crippen LogP contribution in [-0.4, -0.2) is 32.5 Å². The van der Waals surface area contributed by atoms with E-state index in [1.165, 1.54) is 28.6 Å². The Bertz CT molecular complexity index is 747. The molecule has 2 aromatic rings. The SMILES string of the molecule is O=S(=O)(Cc1ccc(F)cc1)N1CCOCC1c1ccccc1. The van der Waals surface area contributed by atoms with Gasteiger partial charge >= 0.3 is 0 Å². The highest BCUT2D eigenvalue weighted by Gasteiger charge is 2.33. The summed E-state index contributed by atoms with van der Waals surface area (Å²) in [4.78, 5) is 0. The third-order valence-corrected chi connectivity index (χ3v) is 5.73. The molecule has 3 rings (SSSR count). The first-order valence-electron chi connectivity index (χ1n) is 7.43. The van der Waals surface area contributed by atoms with Crippen molar-refractivity contribution < 1.29 is 17.5 Å². The average Bonchev–Trinajstić information content (AvgIpc) is 2.58. The monoisotopic (exact) mass is 335 g/mol. The fourth-order valence-corrected chi connectivity index (χ4v) is 4.44. The molecule has 6 heteroatoms. The van der Waals surface area contributed by atoms with Gasteiger partial charge in [-0.2, -0.15) is 4.31 Å². The molecule has 1 fully saturated rings. The van der Waals surface area contributed by atoms with Crippen molar-refractivity contribution >= 4 is 10.0 Å². The summed E-state index contributed by atoms with van der Waals surface area (Å²) in [6.07, 6.45) is 0. The third kappa shape index (κ3) is 3.77. The number of ether oxygens (including phenoxy) is 1. The average molecular weight is 335 g/mol. The highest BCUT2D eigenvalue weighted by atomic mass is 32.2. The van der Waals surface area contributed by atoms with Gasteiger partial charge in [0.15, 0.2) is 0 Å². The molecule has 1 aliphatic heterocycles. The van der Waals surface area contributed by atoms with Gasteiger partial charge in [-0.05, 0) is 23.3 Å². The fourth-order valence-electron chi connectivity index (χ4n) is 2.73. The van der Waals surface area contributed by atoms with Crippen LogP contribution in [-0.2, 0) is 20.5 Å². The van der Waals surface area contributed by atoms with Crippen molar-refractivity contribution in [2.24, 2.45) is 0 Å². The molecule has 4 nitrogen and oxygen atoms in total. The Hall–Kier alpha value is -1.76. The zero-order valence-corrected chi connectivity index (χ0v) is 13.4. The number of benzene rings is 2. The van der Waals surface area contributed by atoms with Gasteiger partial charge in [0.05, 0.1) is 25.0 Å². The van der Waals surface area contributed by atoms with Crippen LogP contribution in [0.4, 0.5) is 4.39 Å². The zero-order chi connectivity index (χ0) is 16.3. The summed E-state index contributed by atoms with van der Waals surface area (Å²) in [5.74, 6) is -0.518. The zero-order valence-electron chi connectivity index (χ0n) is 12.6. The largest absolute Gasteiger partial charge is 0.378 e. The molecule has 1 unspecified atom stereocenters. The first-order valence-corrected chi connectivity index (χ1v) is 9.04. The maximum Gasteiger partial charge on any atom is 0.219 e. The molecule has 1 atom stereocenters. The number of hydrogen-bond acceptors (Lipinski definition) is 3. The lowest BCUT2D eigenvalue weighted by molar-refractivity contribution is 0.0320. The number of sulfonamides is 1. The van der Waals surface area contributed by atoms with E-state index in [0.717, 1.165) is 5.56 Å². The highest BCUT2D eigenvalue weighted by Crippen LogP contribution is 2.28. The fraction of sp³-hybridized carbons (Fsp3) is 0.294. The van der Waals surface area contributed by atoms with Crippen LogP contribution in [0.3, 0.4) is 0 Å². The molecule has 0 aromatic heterocycles. The lowest BCUT2D eigenvalue weighted by Gasteiger charge is -2.34. The van der Waals surface area contributed by atoms with E-state index in [0.29, 0.717) is 25.3 Å². The Labute approximate surface area is 135 Å². The van der Waals surface area contributed by atoms with Crippen LogP contribution in [0.2, 0.25) is 0 Å². The van der Waals surface area contributed by atoms with Crippen molar-refractivity contribution in [2.75, 3.05) is 19.8 Å². The van der Waals surface area contributed by atoms with Crippen molar-refractivity contribution in [1.29, 1.82) is 0 Å². The Morgan fingerprint density at radius 1 is 1.09 bits per heavy atom. The minimum Gasteiger partial charge on any atom is -0.378 e. The van der Waals surface area contributed by atoms with Crippen molar-refractivity contribution in [3.63, 3.8) is 0 Å². The van der Waals surface area contributed by atoms with E-state index in [-0.39, 0.29) is 17.6 Å². The van der Waals surface area contributed by atoms with Crippen LogP contribution in [0, 0.1) is 5.82 Å². The molecule has 122 valence electrons. The first-order chi connectivity index (χ1) is 11.1. The Morgan fingerprint density at radius 3 is 2.48 bits per heavy atom. The van der Waals surface area contributed by atoms with E-state index in [1.54, 1.807) is 0 Å². The predicted octanol–water partition coefficient (Wildman–Crippen LogP) is 2.73. The van der Waals surface area contributed by atoms with Crippen LogP contribution in [0.5, 0.6) is 0 Å². The van der Waals surface area contributed by atoms with E-state index in [2.05, 4.69) is 0 Å². The van der Waals surface area contributed by atoms with Gasteiger partial charge in [-0.15, -0.1) is 0 Å². The lowest BCUT2D eigenvalue weighted by Crippen LogP contribution is -2.43. The third-order valence-electron chi connectivity index (χ3n) is 3.88. The van der Waals surface area contributed by atoms with E-state index in [4.69, 9.17) is 4.74 Å². The minimum atomic E-state index is -3.52. The second kappa shape index (κ2) is 6.78. The van der Waals surface area contributed by atoms with E-state index >= 15 is 0 Å². The van der Waals surface area contributed by atoms with Gasteiger partial charge in [-0.3, -0.25) is 0 Å². The van der Waals surface area contributed by atoms with Crippen LogP contribution in [0.25, 0.3) is 0 Å². The molecule has 0 bridgehead atoms. The first kappa shape index (κ1) is 16.1. The second-order valence-corrected chi connectivity index (χ2v) is 7.42. The summed E-state index contributed by atoms with van der Waals surface area (Å²) in [5, 5.41) is 0. The number of rotatable bonds is 4. The quantitative estimate of drug-likeness (QED) is 0.863. The summed E-state index contributed by atoms with van der Waals surface area (Å²) in [5.41, 5.74) is 1.49. The summed E-state index contributed by atoms with van der Waals surface area (Å²) >= 11 is 0. The molecule has 0 saturated carbocycles. The van der Waals surface area contributed by atoms with Gasteiger partial charge in [0.1, 0.15) is 5.82 Å². The van der Waals surface area contributed by atoms with Gasteiger partial charge in [0.2, 0.25) is 10.0 Å². The Morgan fingerprint density at radius 2 is 1.78 bits per heavy atom. The standard InChI is InChI=1S/C17H18FNO3S/c18-16-8-6-14(7-9-16)13-23(20,21)19-10-11-22-12-17(19)15-4-2-1-3-5-15/h1-9,17H,10-13H2. The predicted molar refractivity (Wildman–Crippen MR) is 85.7 cm³/mol. The van der Waals surface area contributed by atoms with Gasteiger partial charge in [0, 0.05) is 6.54 Å². The van der Waals surface area contributed by atoms with Gasteiger partial charge < -0.3 is 4.74 Å². The maximum atomic E-state index is 13.0. The summed E-state index contributed by atoms with van der Waals surface area (Å²) in [6, 6.07) is 14.7. The smallest absolute Gasteiger partial charge is 0.219 e. The second-order valence-electron chi connectivity index (χ2n) is 5.49. The molecule has 0 amide bonds. The molecule has 0 aliphatic carbocycles. The Kier molecular flexibility index (Phi) is 4.75. The van der Waals surface area contributed by atoms with Crippen molar-refractivity contribution in [3.05, 3.63) is 71.5 Å². The van der Waals surface area contributed by atoms with Crippen molar-refractivity contribution in [3.8, 4) is 0 Å². The van der Waals surface area contributed by atoms with Crippen molar-refractivity contribution in [1.82, 2.24) is 4.31 Å². The highest BCUT2D eigenvalue weighted by molar-refractivity contribution is 7.88. The molecule has 23 heavy (non-hydrogen) atoms. The molecule has 0 spiro atoms. The number of halogens is 1. The molecular formula is C17H18FNO3S. The summed E-state index contributed by atoms with van der Waals surface area (Å²) in [6.45, 7) is 1.04. The Balaban J connectivity index is 1.85. The lowest BCUT2D eigenvalue weighted by atomic mass is 10.1. The summed E-state index contributed by atoms with van der Waals surface area (Å²) in [7, 11) is -3.52. The normalized spacial score (nSPS) is 19.6. The molecule has 0 radical (unpaired) electrons. The molecular weight excluding hydrogens is 317 g/mol. The van der Waals surface area contributed by atoms with Crippen LogP contribution < -0.4 is 0 Å². The topological polar surface area (TPSA) is 46.6 Å². The number of hydrogen-bond donors (Lipinski definition) is 0. The van der Waals surface area contributed by atoms with Gasteiger partial charge in [0.25, 0.3) is 0 Å². The van der Waals surface area contributed by atoms with Crippen LogP contribution in [0.15, 0.2) is 54.6 Å². The van der Waals surface area contributed by atoms with E-state index in [9.17, 15) is 12.8 Å². The van der Waals surface area contributed by atoms with Crippen LogP contribution in [0.1, 0.15) is 17.2 Å². The van der Waals surface area contributed by atoms with Gasteiger partial charge in [-0.25, -0.2) is 12.8 Å². The molecule has 1 heterocycles. The van der Waals surface area contributed by atoms with Crippen LogP contribution >= 0.6 is 0 Å². The molecule has 2 aromatic carbocycles. The maximum absolute atomic E-state index is 13.0. The number of nitrogens with zero attached hydrogens (tertiary/aromatic N) is 1. The molecule has 1 aliphatic rings. The minimum absolute atomic E-state index is 0.142. The van der Waals surface area contributed by atoms with E-state index in [1.807, 2.05) is 30.3 Å². The summed E-state index contributed by atoms with van der Waals surface area (Å²) < 4.78 is 45.5. The number of morpholine rings is 1.